The molecule has 0 amide bonds. The van der Waals surface area contributed by atoms with Crippen molar-refractivity contribution in [2.24, 2.45) is 81.6 Å². The van der Waals surface area contributed by atoms with Crippen molar-refractivity contribution >= 4 is 230 Å². The van der Waals surface area contributed by atoms with Crippen LogP contribution in [0.1, 0.15) is 161 Å². The van der Waals surface area contributed by atoms with E-state index in [-0.39, 0.29) is 68.3 Å². The zero-order valence-corrected chi connectivity index (χ0v) is 85.2. The summed E-state index contributed by atoms with van der Waals surface area (Å²) in [6, 6.07) is 31.0. The van der Waals surface area contributed by atoms with E-state index >= 15 is 0 Å². The summed E-state index contributed by atoms with van der Waals surface area (Å²) in [4.78, 5) is 19.8. The molecule has 25 nitrogen and oxygen atoms in total. The molecule has 4 aromatic rings. The van der Waals surface area contributed by atoms with Gasteiger partial charge in [-0.25, -0.2) is 0 Å². The fraction of sp³-hybridized carbons (Fsp3) is 0.494. The van der Waals surface area contributed by atoms with Gasteiger partial charge >= 0.3 is 68.3 Å². The number of amidine groups is 8. The van der Waals surface area contributed by atoms with Crippen LogP contribution in [0.5, 0.6) is 0 Å². The summed E-state index contributed by atoms with van der Waals surface area (Å²) in [5.41, 5.74) is 9.39. The Bertz CT molecular complexity index is 3930. The van der Waals surface area contributed by atoms with Gasteiger partial charge in [-0.2, -0.15) is 61.2 Å². The number of thioether (sulfide) groups is 1. The number of anilines is 1. The molecule has 0 N–H and O–H groups in total. The molecule has 0 aliphatic heterocycles. The minimum absolute atomic E-state index is 0. The third-order valence-electron chi connectivity index (χ3n) is 17.0. The molecule has 0 fully saturated rings. The second-order valence-corrected chi connectivity index (χ2v) is 29.0. The summed E-state index contributed by atoms with van der Waals surface area (Å²) in [5.74, 6) is 0. The molecule has 0 unspecified atom stereocenters. The summed E-state index contributed by atoms with van der Waals surface area (Å²) in [6.07, 6.45) is 2.04. The van der Waals surface area contributed by atoms with Crippen LogP contribution in [0, 0.1) is 0 Å². The zero-order chi connectivity index (χ0) is 86.7. The number of rotatable bonds is 34. The van der Waals surface area contributed by atoms with Gasteiger partial charge in [-0.05, 0) is 193 Å². The molecule has 0 atom stereocenters. The van der Waals surface area contributed by atoms with E-state index in [4.69, 9.17) is 113 Å². The van der Waals surface area contributed by atoms with E-state index in [9.17, 15) is 0 Å². The molecule has 4 radical (unpaired) electrons. The van der Waals surface area contributed by atoms with Gasteiger partial charge in [-0.1, -0.05) is 60.1 Å². The van der Waals surface area contributed by atoms with Crippen LogP contribution in [0.4, 0.5) is 5.69 Å². The molecule has 4 rings (SSSR count). The van der Waals surface area contributed by atoms with Crippen molar-refractivity contribution in [3.63, 3.8) is 0 Å². The number of nitrogens with zero attached hydrogens (tertiary/aromatic N) is 25. The van der Waals surface area contributed by atoms with Gasteiger partial charge in [0.05, 0.1) is 22.8 Å². The average molecular weight is 2030 g/mol. The summed E-state index contributed by atoms with van der Waals surface area (Å²) in [6.45, 7) is 52.3. The van der Waals surface area contributed by atoms with Gasteiger partial charge in [-0.15, -0.1) is 44.8 Å². The van der Waals surface area contributed by atoms with Crippen LogP contribution in [-0.2, 0) is 169 Å². The van der Waals surface area contributed by atoms with Gasteiger partial charge in [0, 0.05) is 203 Å². The Morgan fingerprint density at radius 3 is 0.622 bits per heavy atom. The van der Waals surface area contributed by atoms with Crippen molar-refractivity contribution in [3.8, 4) is 0 Å². The van der Waals surface area contributed by atoms with Crippen LogP contribution in [0.2, 0.25) is 5.02 Å². The van der Waals surface area contributed by atoms with Gasteiger partial charge < -0.3 is 145 Å². The van der Waals surface area contributed by atoms with Crippen LogP contribution >= 0.6 is 36.0 Å². The third kappa shape index (κ3) is 44.2. The molecule has 670 valence electrons. The average Bonchev–Trinajstić information content (AvgIpc) is 0.859. The number of hydrogen-bond donors (Lipinski definition) is 1. The van der Waals surface area contributed by atoms with E-state index in [1.165, 1.54) is 4.90 Å². The Labute approximate surface area is 813 Å². The van der Waals surface area contributed by atoms with Crippen LogP contribution in [-0.4, -0.2) is 251 Å². The maximum absolute atomic E-state index is 6.01. The molecule has 0 saturated carbocycles. The van der Waals surface area contributed by atoms with E-state index in [1.807, 2.05) is 288 Å². The number of hydrogen-bond acceptors (Lipinski definition) is 27. The van der Waals surface area contributed by atoms with Crippen molar-refractivity contribution in [2.75, 3.05) is 130 Å². The van der Waals surface area contributed by atoms with Gasteiger partial charge in [0.2, 0.25) is 0 Å². The Morgan fingerprint density at radius 1 is 0.277 bits per heavy atom. The SMILES string of the molecule is CCN(CC)C([S-])=NN=C(C)C(=NN=C([S-])N(CC)CC)c1ccc(Cl)cc1.CCN(CC)C([S-])=NN=C(C)C(=NN=C([S-])N(CC)CC)c1ccc(N(C)C)cc1.CCN(CC)C([S-])=NN=C(C)C(=NN=C([S-])N(CC)CC)c1ccc(S)cc1.CCN(CC)C([S-])=NN=C(C)C(=NN=C([S-])N(CC)CC)c1ccc(SC)cc1.[Cu+2].[Cu+2].[Cu+2].[Cu+2]. The minimum Gasteiger partial charge on any atom is -0.741 e. The van der Waals surface area contributed by atoms with E-state index in [1.54, 1.807) is 23.9 Å². The molecule has 0 aliphatic carbocycles. The van der Waals surface area contributed by atoms with Crippen molar-refractivity contribution in [1.82, 2.24) is 39.2 Å². The van der Waals surface area contributed by atoms with E-state index in [2.05, 4.69) is 94.3 Å². The van der Waals surface area contributed by atoms with Crippen molar-refractivity contribution in [3.05, 3.63) is 124 Å². The van der Waals surface area contributed by atoms with Crippen LogP contribution in [0.3, 0.4) is 0 Å². The largest absolute Gasteiger partial charge is 2.00 e. The van der Waals surface area contributed by atoms with E-state index in [0.717, 1.165) is 138 Å². The first-order valence-electron chi connectivity index (χ1n) is 38.4. The van der Waals surface area contributed by atoms with Gasteiger partial charge in [-0.3, -0.25) is 0 Å². The minimum atomic E-state index is 0. The molecule has 0 bridgehead atoms. The van der Waals surface area contributed by atoms with Crippen LogP contribution in [0.25, 0.3) is 0 Å². The number of thiol groups is 1. The van der Waals surface area contributed by atoms with Crippen LogP contribution in [0.15, 0.2) is 188 Å². The summed E-state index contributed by atoms with van der Waals surface area (Å²) in [7, 11) is 4.00. The molecule has 0 aliphatic rings. The maximum atomic E-state index is 6.01. The van der Waals surface area contributed by atoms with Crippen molar-refractivity contribution < 1.29 is 68.3 Å². The quantitative estimate of drug-likeness (QED) is 0.00872. The molecular weight excluding hydrogens is 1910 g/mol. The Balaban J connectivity index is -0.000000733. The second kappa shape index (κ2) is 69.0. The Morgan fingerprint density at radius 2 is 0.445 bits per heavy atom. The summed E-state index contributed by atoms with van der Waals surface area (Å²) < 4.78 is 0. The van der Waals surface area contributed by atoms with Gasteiger partial charge in [0.1, 0.15) is 22.8 Å². The molecule has 0 heterocycles. The summed E-state index contributed by atoms with van der Waals surface area (Å²) >= 11 is 55.0. The molecule has 4 aromatic carbocycles. The normalized spacial score (nSPS) is 13.1. The fourth-order valence-corrected chi connectivity index (χ4v) is 12.8. The van der Waals surface area contributed by atoms with E-state index in [0.29, 0.717) is 92.1 Å². The summed E-state index contributed by atoms with van der Waals surface area (Å²) in [5, 5.41) is 72.9. The number of benzene rings is 4. The molecule has 0 spiro atoms. The smallest absolute Gasteiger partial charge is 0.741 e. The topological polar surface area (TPSA) is 227 Å². The molecule has 119 heavy (non-hydrogen) atoms. The number of halogens is 1. The van der Waals surface area contributed by atoms with E-state index < -0.39 is 0 Å². The maximum Gasteiger partial charge on any atom is 2.00 e. The first-order chi connectivity index (χ1) is 54.9. The van der Waals surface area contributed by atoms with Gasteiger partial charge in [0.15, 0.2) is 0 Å². The first-order valence-corrected chi connectivity index (χ1v) is 43.7. The van der Waals surface area contributed by atoms with Gasteiger partial charge in [0.25, 0.3) is 0 Å². The molecule has 40 heteroatoms. The fourth-order valence-electron chi connectivity index (χ4n) is 9.74. The Hall–Kier alpha value is -5.37. The molecule has 0 saturated heterocycles. The van der Waals surface area contributed by atoms with Crippen LogP contribution < -0.4 is 4.90 Å². The second-order valence-electron chi connectivity index (χ2n) is 24.2. The predicted molar refractivity (Wildman–Crippen MR) is 524 cm³/mol. The standard InChI is InChI=1S/C21H35N7S2.C20H32N6S3.C19H29ClN6S2.C19H30N6S3.4Cu/c1-8-27(9-2)20(29)24-22-16(5)19(23-25-21(30)28(10-3)11-4)17-12-14-18(15-13-17)26(6)7;1-7-25(8-2)19(27)23-21-15(5)18(16-11-13-17(29-6)14-12-16)22-24-20(28)26(9-3)10-4;1-6-25(7-2)18(27)23-21-14(5)17(15-10-12-16(20)13-11-15)22-24-19(28)26(8-3)9-4;1-6-24(7-2)18(27)22-20-14(5)17(15-10-12-16(26)13-11-15)21-23-19(28)25(8-3)9-4;;;;/h12-15H,8-11H2,1-7H3,(H,24,29)(H,25,30);11-14H,7-10H2,1-6H3,(H,23,27)(H,24,28);10-13H,6-9H2,1-5H3,(H,23,27)(H,24,28);10-13,26H,6-9H2,1-5H3,(H,22,27)(H,23,28);;;;/q;;;;4*+2/p-8. The van der Waals surface area contributed by atoms with Crippen molar-refractivity contribution in [1.29, 1.82) is 0 Å². The Kier molecular flexibility index (Phi) is 69.5. The predicted octanol–water partition coefficient (Wildman–Crippen LogP) is 14.7. The first kappa shape index (κ1) is 120. The van der Waals surface area contributed by atoms with Crippen molar-refractivity contribution in [2.45, 2.75) is 148 Å². The molecular formula is C79H118ClCu4N25S10. The zero-order valence-electron chi connectivity index (χ0n) is 72.4. The monoisotopic (exact) mass is 2020 g/mol. The third-order valence-corrected chi connectivity index (χ3v) is 21.0. The molecule has 0 aromatic heterocycles.